The van der Waals surface area contributed by atoms with Crippen LogP contribution in [0, 0.1) is 0 Å². The van der Waals surface area contributed by atoms with Crippen LogP contribution in [0.15, 0.2) is 0 Å². The van der Waals surface area contributed by atoms with Crippen LogP contribution in [0.5, 0.6) is 0 Å². The molecule has 0 bridgehead atoms. The molecule has 0 aliphatic rings. The van der Waals surface area contributed by atoms with E-state index >= 15 is 0 Å². The summed E-state index contributed by atoms with van der Waals surface area (Å²) in [7, 11) is 0. The molecule has 1 unspecified atom stereocenters. The smallest absolute Gasteiger partial charge is 0.441 e. The number of rotatable bonds is 6. The van der Waals surface area contributed by atoms with Crippen molar-refractivity contribution in [2.45, 2.75) is 38.5 Å². The number of aliphatic hydroxyl groups is 1. The molecule has 0 heterocycles. The number of hydrogen-bond donors (Lipinski definition) is 1. The van der Waals surface area contributed by atoms with Crippen LogP contribution in [0.4, 0.5) is 13.2 Å². The highest BCUT2D eigenvalue weighted by atomic mass is 19.4. The maximum Gasteiger partial charge on any atom is 0.441 e. The van der Waals surface area contributed by atoms with Crippen LogP contribution in [0.2, 0.25) is 0 Å². The Morgan fingerprint density at radius 3 is 2.16 bits per heavy atom. The minimum Gasteiger partial charge on any atom is -0.457 e. The molecule has 0 aliphatic heterocycles. The molecule has 0 amide bonds. The van der Waals surface area contributed by atoms with E-state index in [0.29, 0.717) is 0 Å². The number of nitrogens with zero attached hydrogens (tertiary/aromatic N) is 2. The molecule has 0 rings (SSSR count). The van der Waals surface area contributed by atoms with E-state index in [1.165, 1.54) is 6.92 Å². The third kappa shape index (κ3) is 4.15. The number of halogens is 3. The first kappa shape index (κ1) is 17.3. The van der Waals surface area contributed by atoms with Crippen LogP contribution >= 0.6 is 0 Å². The van der Waals surface area contributed by atoms with Gasteiger partial charge >= 0.3 is 17.9 Å². The molecule has 0 fully saturated rings. The van der Waals surface area contributed by atoms with Crippen molar-refractivity contribution >= 4 is 17.5 Å². The van der Waals surface area contributed by atoms with Crippen molar-refractivity contribution in [1.82, 2.24) is 0 Å². The number of ketones is 1. The quantitative estimate of drug-likeness (QED) is 0.257. The lowest BCUT2D eigenvalue weighted by Gasteiger charge is -2.27. The van der Waals surface area contributed by atoms with Gasteiger partial charge in [0.25, 0.3) is 5.78 Å². The number of hydrogen-bond acceptors (Lipinski definition) is 4. The first-order valence-electron chi connectivity index (χ1n) is 5.34. The van der Waals surface area contributed by atoms with E-state index in [4.69, 9.17) is 5.53 Å². The molecule has 0 aromatic heterocycles. The van der Waals surface area contributed by atoms with Gasteiger partial charge in [-0.25, -0.2) is 4.79 Å². The van der Waals surface area contributed by atoms with Gasteiger partial charge in [-0.3, -0.25) is 4.79 Å². The summed E-state index contributed by atoms with van der Waals surface area (Å²) < 4.78 is 42.0. The zero-order chi connectivity index (χ0) is 15.3. The molecule has 1 atom stereocenters. The van der Waals surface area contributed by atoms with Crippen molar-refractivity contribution in [2.24, 2.45) is 0 Å². The third-order valence-electron chi connectivity index (χ3n) is 2.40. The van der Waals surface area contributed by atoms with Crippen molar-refractivity contribution in [3.05, 3.63) is 5.53 Å². The second-order valence-electron chi connectivity index (χ2n) is 3.65. The Morgan fingerprint density at radius 2 is 1.84 bits per heavy atom. The molecule has 9 heteroatoms. The van der Waals surface area contributed by atoms with Gasteiger partial charge in [0.2, 0.25) is 0 Å². The summed E-state index contributed by atoms with van der Waals surface area (Å²) in [6.07, 6.45) is -7.26. The highest BCUT2D eigenvalue weighted by molar-refractivity contribution is 6.62. The average molecular weight is 282 g/mol. The summed E-state index contributed by atoms with van der Waals surface area (Å²) in [4.78, 5) is 24.9. The minimum absolute atomic E-state index is 0.150. The van der Waals surface area contributed by atoms with Gasteiger partial charge in [0.1, 0.15) is 0 Å². The van der Waals surface area contributed by atoms with Crippen molar-refractivity contribution in [3.8, 4) is 0 Å². The van der Waals surface area contributed by atoms with E-state index in [1.807, 2.05) is 0 Å². The number of alkyl halides is 3. The van der Waals surface area contributed by atoms with Gasteiger partial charge < -0.3 is 15.4 Å². The fraction of sp³-hybridized carbons (Fsp3) is 0.700. The first-order valence-corrected chi connectivity index (χ1v) is 5.34. The predicted molar refractivity (Wildman–Crippen MR) is 56.2 cm³/mol. The molecule has 0 saturated carbocycles. The highest BCUT2D eigenvalue weighted by Crippen LogP contribution is 2.35. The normalized spacial score (nSPS) is 14.2. The number of carbonyl (C=O) groups excluding carboxylic acids is 2. The van der Waals surface area contributed by atoms with Gasteiger partial charge in [-0.15, -0.1) is 0 Å². The van der Waals surface area contributed by atoms with Crippen LogP contribution in [0.25, 0.3) is 5.53 Å². The molecule has 1 N–H and O–H groups in total. The van der Waals surface area contributed by atoms with Gasteiger partial charge in [-0.1, -0.05) is 6.92 Å². The van der Waals surface area contributed by atoms with Crippen molar-refractivity contribution in [3.63, 3.8) is 0 Å². The summed E-state index contributed by atoms with van der Waals surface area (Å²) in [6.45, 7) is 2.28. The molecule has 0 aromatic rings. The lowest BCUT2D eigenvalue weighted by Crippen LogP contribution is -2.48. The zero-order valence-corrected chi connectivity index (χ0v) is 10.3. The molecule has 0 aliphatic carbocycles. The van der Waals surface area contributed by atoms with Crippen LogP contribution in [0.1, 0.15) is 26.7 Å². The van der Waals surface area contributed by atoms with Crippen LogP contribution in [-0.4, -0.2) is 45.7 Å². The molecular weight excluding hydrogens is 269 g/mol. The van der Waals surface area contributed by atoms with E-state index < -0.39 is 42.1 Å². The lowest BCUT2D eigenvalue weighted by molar-refractivity contribution is -0.261. The average Bonchev–Trinajstić information content (AvgIpc) is 2.28. The van der Waals surface area contributed by atoms with Crippen LogP contribution in [-0.2, 0) is 14.3 Å². The number of esters is 1. The second-order valence-corrected chi connectivity index (χ2v) is 3.65. The summed E-state index contributed by atoms with van der Waals surface area (Å²) in [5, 5.41) is 9.35. The topological polar surface area (TPSA) is 100 Å². The SMILES string of the molecule is CCOC(=O)C(=[N+]=[N-])C(=O)CC(O)(CC)C(F)(F)F. The second kappa shape index (κ2) is 6.44. The summed E-state index contributed by atoms with van der Waals surface area (Å²) >= 11 is 0. The Hall–Kier alpha value is -1.73. The van der Waals surface area contributed by atoms with Gasteiger partial charge in [-0.2, -0.15) is 18.0 Å². The first-order chi connectivity index (χ1) is 8.62. The van der Waals surface area contributed by atoms with Crippen molar-refractivity contribution in [1.29, 1.82) is 0 Å². The van der Waals surface area contributed by atoms with Crippen molar-refractivity contribution < 1.29 is 37.4 Å². The number of ether oxygens (including phenoxy) is 1. The Morgan fingerprint density at radius 1 is 1.32 bits per heavy atom. The molecule has 6 nitrogen and oxygen atoms in total. The Bertz CT molecular complexity index is 415. The lowest BCUT2D eigenvalue weighted by atomic mass is 9.92. The summed E-state index contributed by atoms with van der Waals surface area (Å²) in [5.74, 6) is -2.81. The number of Topliss-reactive ketones (excluding diaryl/α,β-unsaturated/α-hetero) is 1. The minimum atomic E-state index is -5.05. The number of carbonyl (C=O) groups is 2. The van der Waals surface area contributed by atoms with Crippen LogP contribution < -0.4 is 0 Å². The fourth-order valence-corrected chi connectivity index (χ4v) is 1.18. The molecular formula is C10H13F3N2O4. The van der Waals surface area contributed by atoms with E-state index in [-0.39, 0.29) is 6.61 Å². The van der Waals surface area contributed by atoms with Crippen LogP contribution in [0.3, 0.4) is 0 Å². The predicted octanol–water partition coefficient (Wildman–Crippen LogP) is 0.883. The largest absolute Gasteiger partial charge is 0.457 e. The maximum absolute atomic E-state index is 12.6. The third-order valence-corrected chi connectivity index (χ3v) is 2.40. The van der Waals surface area contributed by atoms with Crippen molar-refractivity contribution in [2.75, 3.05) is 6.61 Å². The van der Waals surface area contributed by atoms with E-state index in [0.717, 1.165) is 6.92 Å². The highest BCUT2D eigenvalue weighted by Gasteiger charge is 2.55. The Balaban J connectivity index is 5.14. The standard InChI is InChI=1S/C10H13F3N2O4/c1-3-9(18,10(11,12)13)5-6(16)7(15-14)8(17)19-4-2/h18H,3-5H2,1-2H3. The van der Waals surface area contributed by atoms with Gasteiger partial charge in [-0.05, 0) is 13.3 Å². The molecule has 0 radical (unpaired) electrons. The monoisotopic (exact) mass is 282 g/mol. The molecule has 108 valence electrons. The summed E-state index contributed by atoms with van der Waals surface area (Å²) in [5.41, 5.74) is 4.00. The maximum atomic E-state index is 12.6. The van der Waals surface area contributed by atoms with Gasteiger partial charge in [0, 0.05) is 0 Å². The molecule has 0 spiro atoms. The summed E-state index contributed by atoms with van der Waals surface area (Å²) in [6, 6.07) is 0. The zero-order valence-electron chi connectivity index (χ0n) is 10.3. The Labute approximate surface area is 106 Å². The van der Waals surface area contributed by atoms with Gasteiger partial charge in [0.15, 0.2) is 5.60 Å². The van der Waals surface area contributed by atoms with E-state index in [1.54, 1.807) is 0 Å². The fourth-order valence-electron chi connectivity index (χ4n) is 1.18. The Kier molecular flexibility index (Phi) is 5.85. The molecule has 19 heavy (non-hydrogen) atoms. The van der Waals surface area contributed by atoms with E-state index in [9.17, 15) is 27.9 Å². The van der Waals surface area contributed by atoms with Gasteiger partial charge in [0.05, 0.1) is 13.0 Å². The molecule has 0 aromatic carbocycles. The molecule has 0 saturated heterocycles. The van der Waals surface area contributed by atoms with E-state index in [2.05, 4.69) is 9.53 Å².